The van der Waals surface area contributed by atoms with E-state index in [1.165, 1.54) is 6.07 Å². The lowest BCUT2D eigenvalue weighted by atomic mass is 10.2. The molecule has 0 atom stereocenters. The van der Waals surface area contributed by atoms with Gasteiger partial charge in [0.15, 0.2) is 0 Å². The lowest BCUT2D eigenvalue weighted by Gasteiger charge is -2.06. The number of halogens is 3. The molecule has 1 aromatic rings. The Hall–Kier alpha value is -1.23. The molecule has 0 aliphatic heterocycles. The first-order chi connectivity index (χ1) is 8.32. The summed E-state index contributed by atoms with van der Waals surface area (Å²) in [5.74, 6) is -2.29. The molecule has 0 aliphatic carbocycles. The van der Waals surface area contributed by atoms with E-state index in [0.717, 1.165) is 5.56 Å². The number of hydrogen-bond acceptors (Lipinski definition) is 2. The van der Waals surface area contributed by atoms with E-state index in [1.54, 1.807) is 12.1 Å². The number of benzene rings is 1. The van der Waals surface area contributed by atoms with Crippen molar-refractivity contribution >= 4 is 52.4 Å². The maximum atomic E-state index is 11.6. The molecular formula is C11H8Cl3NO3. The van der Waals surface area contributed by atoms with Gasteiger partial charge in [0.25, 0.3) is 5.91 Å². The Balaban J connectivity index is 2.92. The molecule has 1 rings (SSSR count). The zero-order valence-corrected chi connectivity index (χ0v) is 11.4. The molecular weight excluding hydrogens is 300 g/mol. The van der Waals surface area contributed by atoms with Crippen LogP contribution >= 0.6 is 34.8 Å². The number of carbonyl (C=O) groups excluding carboxylic acids is 1. The van der Waals surface area contributed by atoms with Crippen LogP contribution in [0.15, 0.2) is 28.3 Å². The van der Waals surface area contributed by atoms with Crippen LogP contribution in [0.2, 0.25) is 5.02 Å². The van der Waals surface area contributed by atoms with Crippen LogP contribution in [0.4, 0.5) is 5.69 Å². The second-order valence-electron chi connectivity index (χ2n) is 3.35. The van der Waals surface area contributed by atoms with Gasteiger partial charge in [-0.1, -0.05) is 40.9 Å². The summed E-state index contributed by atoms with van der Waals surface area (Å²) >= 11 is 16.7. The molecule has 4 nitrogen and oxygen atoms in total. The van der Waals surface area contributed by atoms with Gasteiger partial charge in [0.05, 0.1) is 0 Å². The van der Waals surface area contributed by atoms with Crippen LogP contribution in [-0.2, 0) is 9.59 Å². The number of rotatable bonds is 3. The van der Waals surface area contributed by atoms with Gasteiger partial charge in [-0.2, -0.15) is 0 Å². The average molecular weight is 309 g/mol. The van der Waals surface area contributed by atoms with E-state index >= 15 is 0 Å². The molecule has 0 heterocycles. The van der Waals surface area contributed by atoms with Crippen LogP contribution < -0.4 is 5.32 Å². The Morgan fingerprint density at radius 2 is 1.83 bits per heavy atom. The van der Waals surface area contributed by atoms with Crippen LogP contribution in [0.5, 0.6) is 0 Å². The predicted molar refractivity (Wildman–Crippen MR) is 71.2 cm³/mol. The highest BCUT2D eigenvalue weighted by molar-refractivity contribution is 6.54. The van der Waals surface area contributed by atoms with Crippen molar-refractivity contribution in [2.45, 2.75) is 6.92 Å². The standard InChI is InChI=1S/C11H8Cl3NO3/c1-5-2-3-6(4-7(5)12)15-10(16)8(13)9(14)11(17)18/h2-4H,1H3,(H,15,16)(H,17,18)/b9-8-. The predicted octanol–water partition coefficient (Wildman–Crippen LogP) is 3.36. The number of hydrogen-bond donors (Lipinski definition) is 2. The molecule has 0 saturated heterocycles. The zero-order chi connectivity index (χ0) is 13.9. The molecule has 96 valence electrons. The van der Waals surface area contributed by atoms with E-state index in [1.807, 2.05) is 6.92 Å². The van der Waals surface area contributed by atoms with Gasteiger partial charge in [-0.05, 0) is 24.6 Å². The Labute approximate surface area is 118 Å². The molecule has 0 bridgehead atoms. The number of carboxylic acids is 1. The Morgan fingerprint density at radius 3 is 2.33 bits per heavy atom. The number of anilines is 1. The van der Waals surface area contributed by atoms with Gasteiger partial charge < -0.3 is 10.4 Å². The first-order valence-electron chi connectivity index (χ1n) is 4.69. The summed E-state index contributed by atoms with van der Waals surface area (Å²) in [4.78, 5) is 22.1. The van der Waals surface area contributed by atoms with Crippen molar-refractivity contribution in [3.63, 3.8) is 0 Å². The minimum Gasteiger partial charge on any atom is -0.477 e. The van der Waals surface area contributed by atoms with Gasteiger partial charge in [-0.15, -0.1) is 0 Å². The van der Waals surface area contributed by atoms with E-state index < -0.39 is 21.9 Å². The first kappa shape index (κ1) is 14.8. The highest BCUT2D eigenvalue weighted by Crippen LogP contribution is 2.22. The summed E-state index contributed by atoms with van der Waals surface area (Å²) in [5.41, 5.74) is 1.24. The molecule has 0 aromatic heterocycles. The highest BCUT2D eigenvalue weighted by atomic mass is 35.5. The van der Waals surface area contributed by atoms with Crippen LogP contribution in [0.3, 0.4) is 0 Å². The summed E-state index contributed by atoms with van der Waals surface area (Å²) in [6.45, 7) is 1.81. The van der Waals surface area contributed by atoms with Crippen molar-refractivity contribution in [2.75, 3.05) is 5.32 Å². The van der Waals surface area contributed by atoms with Crippen molar-refractivity contribution in [1.29, 1.82) is 0 Å². The van der Waals surface area contributed by atoms with Crippen molar-refractivity contribution in [1.82, 2.24) is 0 Å². The largest absolute Gasteiger partial charge is 0.477 e. The van der Waals surface area contributed by atoms with Gasteiger partial charge in [0, 0.05) is 10.7 Å². The average Bonchev–Trinajstić information content (AvgIpc) is 2.31. The molecule has 0 fully saturated rings. The summed E-state index contributed by atoms with van der Waals surface area (Å²) in [7, 11) is 0. The molecule has 0 spiro atoms. The summed E-state index contributed by atoms with van der Waals surface area (Å²) < 4.78 is 0. The third kappa shape index (κ3) is 3.63. The fraction of sp³-hybridized carbons (Fsp3) is 0.0909. The summed E-state index contributed by atoms with van der Waals surface area (Å²) in [6, 6.07) is 4.83. The maximum Gasteiger partial charge on any atom is 0.349 e. The Bertz CT molecular complexity index is 540. The number of aliphatic carboxylic acids is 1. The third-order valence-corrected chi connectivity index (χ3v) is 3.22. The molecule has 0 saturated carbocycles. The summed E-state index contributed by atoms with van der Waals surface area (Å²) in [5, 5.41) is 10.1. The van der Waals surface area contributed by atoms with E-state index in [4.69, 9.17) is 39.9 Å². The lowest BCUT2D eigenvalue weighted by molar-refractivity contribution is -0.132. The SMILES string of the molecule is Cc1ccc(NC(=O)/C(Cl)=C(/Cl)C(=O)O)cc1Cl. The van der Waals surface area contributed by atoms with E-state index in [9.17, 15) is 9.59 Å². The number of aryl methyl sites for hydroxylation is 1. The molecule has 2 N–H and O–H groups in total. The van der Waals surface area contributed by atoms with Crippen molar-refractivity contribution in [3.8, 4) is 0 Å². The van der Waals surface area contributed by atoms with Crippen molar-refractivity contribution in [2.24, 2.45) is 0 Å². The maximum absolute atomic E-state index is 11.6. The lowest BCUT2D eigenvalue weighted by Crippen LogP contribution is -2.14. The third-order valence-electron chi connectivity index (χ3n) is 2.01. The smallest absolute Gasteiger partial charge is 0.349 e. The minimum absolute atomic E-state index is 0.392. The van der Waals surface area contributed by atoms with Gasteiger partial charge in [-0.3, -0.25) is 4.79 Å². The summed E-state index contributed by atoms with van der Waals surface area (Å²) in [6.07, 6.45) is 0. The Morgan fingerprint density at radius 1 is 1.22 bits per heavy atom. The fourth-order valence-corrected chi connectivity index (χ4v) is 1.44. The van der Waals surface area contributed by atoms with Gasteiger partial charge in [0.1, 0.15) is 10.1 Å². The van der Waals surface area contributed by atoms with Crippen LogP contribution in [0.25, 0.3) is 0 Å². The highest BCUT2D eigenvalue weighted by Gasteiger charge is 2.17. The second kappa shape index (κ2) is 6.09. The minimum atomic E-state index is -1.47. The van der Waals surface area contributed by atoms with Crippen molar-refractivity contribution in [3.05, 3.63) is 38.8 Å². The normalized spacial score (nSPS) is 11.8. The number of amides is 1. The van der Waals surface area contributed by atoms with Crippen LogP contribution in [-0.4, -0.2) is 17.0 Å². The Kier molecular flexibility index (Phi) is 5.02. The molecule has 1 aromatic carbocycles. The van der Waals surface area contributed by atoms with Gasteiger partial charge >= 0.3 is 5.97 Å². The number of carboxylic acid groups (broad SMARTS) is 1. The molecule has 0 radical (unpaired) electrons. The monoisotopic (exact) mass is 307 g/mol. The van der Waals surface area contributed by atoms with Crippen LogP contribution in [0.1, 0.15) is 5.56 Å². The van der Waals surface area contributed by atoms with E-state index in [-0.39, 0.29) is 0 Å². The zero-order valence-electron chi connectivity index (χ0n) is 9.13. The van der Waals surface area contributed by atoms with Crippen molar-refractivity contribution < 1.29 is 14.7 Å². The molecule has 7 heteroatoms. The topological polar surface area (TPSA) is 66.4 Å². The molecule has 0 unspecified atom stereocenters. The van der Waals surface area contributed by atoms with Gasteiger partial charge in [0.2, 0.25) is 0 Å². The first-order valence-corrected chi connectivity index (χ1v) is 5.82. The fourth-order valence-electron chi connectivity index (χ4n) is 1.05. The van der Waals surface area contributed by atoms with Gasteiger partial charge in [-0.25, -0.2) is 4.79 Å². The molecule has 0 aliphatic rings. The quantitative estimate of drug-likeness (QED) is 0.841. The van der Waals surface area contributed by atoms with E-state index in [0.29, 0.717) is 10.7 Å². The number of carbonyl (C=O) groups is 2. The van der Waals surface area contributed by atoms with Crippen LogP contribution in [0, 0.1) is 6.92 Å². The number of nitrogens with one attached hydrogen (secondary N) is 1. The molecule has 1 amide bonds. The second-order valence-corrected chi connectivity index (χ2v) is 4.51. The van der Waals surface area contributed by atoms with E-state index in [2.05, 4.69) is 5.32 Å². The molecule has 18 heavy (non-hydrogen) atoms.